The highest BCUT2D eigenvalue weighted by molar-refractivity contribution is 7.18. The fourth-order valence-electron chi connectivity index (χ4n) is 3.15. The molecule has 0 radical (unpaired) electrons. The third-order valence-corrected chi connectivity index (χ3v) is 6.63. The van der Waals surface area contributed by atoms with Gasteiger partial charge in [0.25, 0.3) is 11.8 Å². The molecular weight excluding hydrogens is 499 g/mol. The van der Waals surface area contributed by atoms with Gasteiger partial charge in [0, 0.05) is 5.02 Å². The topological polar surface area (TPSA) is 93.7 Å². The summed E-state index contributed by atoms with van der Waals surface area (Å²) in [6.45, 7) is 3.12. The van der Waals surface area contributed by atoms with E-state index in [-0.39, 0.29) is 39.9 Å². The molecule has 0 spiro atoms. The van der Waals surface area contributed by atoms with Gasteiger partial charge in [-0.25, -0.2) is 4.79 Å². The van der Waals surface area contributed by atoms with E-state index < -0.39 is 11.9 Å². The largest absolute Gasteiger partial charge is 0.482 e. The Morgan fingerprint density at radius 2 is 1.79 bits per heavy atom. The smallest absolute Gasteiger partial charge is 0.341 e. The van der Waals surface area contributed by atoms with Crippen molar-refractivity contribution in [2.24, 2.45) is 0 Å². The lowest BCUT2D eigenvalue weighted by Gasteiger charge is -2.14. The summed E-state index contributed by atoms with van der Waals surface area (Å²) >= 11 is 12.9. The Bertz CT molecular complexity index is 1210. The van der Waals surface area contributed by atoms with Crippen LogP contribution in [0.1, 0.15) is 44.1 Å². The lowest BCUT2D eigenvalue weighted by molar-refractivity contribution is -0.118. The Kier molecular flexibility index (Phi) is 8.55. The lowest BCUT2D eigenvalue weighted by Crippen LogP contribution is -2.26. The van der Waals surface area contributed by atoms with E-state index in [0.717, 1.165) is 16.9 Å². The summed E-state index contributed by atoms with van der Waals surface area (Å²) in [5.41, 5.74) is 1.46. The van der Waals surface area contributed by atoms with Crippen molar-refractivity contribution < 1.29 is 23.9 Å². The predicted molar refractivity (Wildman–Crippen MR) is 133 cm³/mol. The van der Waals surface area contributed by atoms with Crippen molar-refractivity contribution in [3.05, 3.63) is 80.1 Å². The molecule has 0 bridgehead atoms. The first-order valence-electron chi connectivity index (χ1n) is 10.2. The van der Waals surface area contributed by atoms with Crippen LogP contribution in [0, 0.1) is 6.92 Å². The van der Waals surface area contributed by atoms with Gasteiger partial charge < -0.3 is 20.1 Å². The number of hydrogen-bond acceptors (Lipinski definition) is 6. The molecule has 1 unspecified atom stereocenters. The maximum atomic E-state index is 13.0. The standard InChI is InChI=1S/C24H22Cl2N2O5S/c1-13-20(24(31)32-3)23(28-19(29)12-33-18-10-9-16(25)11-17(18)26)34-21(13)22(30)27-14(2)15-7-5-4-6-8-15/h4-11,14H,12H2,1-3H3,(H,27,30)(H,28,29). The quantitative estimate of drug-likeness (QED) is 0.373. The maximum Gasteiger partial charge on any atom is 0.341 e. The van der Waals surface area contributed by atoms with E-state index in [4.69, 9.17) is 32.7 Å². The summed E-state index contributed by atoms with van der Waals surface area (Å²) in [5, 5.41) is 6.44. The SMILES string of the molecule is COC(=O)c1c(NC(=O)COc2ccc(Cl)cc2Cl)sc(C(=O)NC(C)c2ccccc2)c1C. The third kappa shape index (κ3) is 6.08. The highest BCUT2D eigenvalue weighted by atomic mass is 35.5. The number of methoxy groups -OCH3 is 1. The van der Waals surface area contributed by atoms with Crippen LogP contribution in [0.2, 0.25) is 10.0 Å². The molecular formula is C24H22Cl2N2O5S. The number of benzene rings is 2. The summed E-state index contributed by atoms with van der Waals surface area (Å²) in [4.78, 5) is 38.2. The van der Waals surface area contributed by atoms with Gasteiger partial charge in [-0.15, -0.1) is 11.3 Å². The van der Waals surface area contributed by atoms with Gasteiger partial charge in [-0.3, -0.25) is 9.59 Å². The molecule has 1 heterocycles. The maximum absolute atomic E-state index is 13.0. The van der Waals surface area contributed by atoms with Crippen molar-refractivity contribution in [3.63, 3.8) is 0 Å². The number of rotatable bonds is 8. The summed E-state index contributed by atoms with van der Waals surface area (Å²) in [5.74, 6) is -1.29. The van der Waals surface area contributed by atoms with Gasteiger partial charge in [-0.2, -0.15) is 0 Å². The summed E-state index contributed by atoms with van der Waals surface area (Å²) in [7, 11) is 1.23. The van der Waals surface area contributed by atoms with Crippen molar-refractivity contribution in [1.29, 1.82) is 0 Å². The third-order valence-electron chi connectivity index (χ3n) is 4.90. The Morgan fingerprint density at radius 3 is 2.44 bits per heavy atom. The second-order valence-electron chi connectivity index (χ2n) is 7.27. The molecule has 3 rings (SSSR count). The molecule has 1 aromatic heterocycles. The van der Waals surface area contributed by atoms with E-state index in [1.165, 1.54) is 13.2 Å². The minimum atomic E-state index is -0.666. The van der Waals surface area contributed by atoms with Crippen LogP contribution in [0.5, 0.6) is 5.75 Å². The van der Waals surface area contributed by atoms with Crippen molar-refractivity contribution in [2.75, 3.05) is 19.0 Å². The van der Waals surface area contributed by atoms with E-state index in [1.54, 1.807) is 19.1 Å². The average molecular weight is 521 g/mol. The summed E-state index contributed by atoms with van der Waals surface area (Å²) in [6, 6.07) is 13.8. The first kappa shape index (κ1) is 25.6. The number of halogens is 2. The molecule has 7 nitrogen and oxygen atoms in total. The van der Waals surface area contributed by atoms with Crippen LogP contribution in [0.3, 0.4) is 0 Å². The van der Waals surface area contributed by atoms with Crippen LogP contribution >= 0.6 is 34.5 Å². The number of carbonyl (C=O) groups excluding carboxylic acids is 3. The molecule has 3 aromatic rings. The molecule has 10 heteroatoms. The molecule has 2 amide bonds. The monoisotopic (exact) mass is 520 g/mol. The molecule has 0 saturated heterocycles. The molecule has 0 saturated carbocycles. The molecule has 0 aliphatic rings. The second-order valence-corrected chi connectivity index (χ2v) is 9.13. The van der Waals surface area contributed by atoms with Gasteiger partial charge in [0.15, 0.2) is 6.61 Å². The Balaban J connectivity index is 1.77. The number of anilines is 1. The molecule has 0 aliphatic carbocycles. The first-order chi connectivity index (χ1) is 16.2. The van der Waals surface area contributed by atoms with Gasteiger partial charge in [0.05, 0.1) is 28.6 Å². The molecule has 2 aromatic carbocycles. The molecule has 0 aliphatic heterocycles. The van der Waals surface area contributed by atoms with Crippen LogP contribution in [-0.2, 0) is 9.53 Å². The van der Waals surface area contributed by atoms with Crippen molar-refractivity contribution in [3.8, 4) is 5.75 Å². The van der Waals surface area contributed by atoms with E-state index in [0.29, 0.717) is 15.5 Å². The fourth-order valence-corrected chi connectivity index (χ4v) is 4.73. The minimum absolute atomic E-state index is 0.114. The van der Waals surface area contributed by atoms with Gasteiger partial charge >= 0.3 is 5.97 Å². The van der Waals surface area contributed by atoms with E-state index in [1.807, 2.05) is 37.3 Å². The van der Waals surface area contributed by atoms with Gasteiger partial charge in [-0.05, 0) is 43.2 Å². The van der Waals surface area contributed by atoms with Crippen LogP contribution in [0.4, 0.5) is 5.00 Å². The first-order valence-corrected chi connectivity index (χ1v) is 11.7. The Morgan fingerprint density at radius 1 is 1.09 bits per heavy atom. The van der Waals surface area contributed by atoms with Gasteiger partial charge in [0.1, 0.15) is 10.8 Å². The molecule has 1 atom stereocenters. The molecule has 0 fully saturated rings. The number of hydrogen-bond donors (Lipinski definition) is 2. The lowest BCUT2D eigenvalue weighted by atomic mass is 10.1. The van der Waals surface area contributed by atoms with Crippen LogP contribution in [0.15, 0.2) is 48.5 Å². The number of ether oxygens (including phenoxy) is 2. The molecule has 2 N–H and O–H groups in total. The van der Waals surface area contributed by atoms with Crippen LogP contribution in [0.25, 0.3) is 0 Å². The van der Waals surface area contributed by atoms with E-state index in [2.05, 4.69) is 10.6 Å². The van der Waals surface area contributed by atoms with Crippen LogP contribution in [-0.4, -0.2) is 31.5 Å². The Labute approximate surface area is 211 Å². The fraction of sp³-hybridized carbons (Fsp3) is 0.208. The number of esters is 1. The molecule has 34 heavy (non-hydrogen) atoms. The molecule has 178 valence electrons. The van der Waals surface area contributed by atoms with Crippen molar-refractivity contribution in [2.45, 2.75) is 19.9 Å². The highest BCUT2D eigenvalue weighted by Crippen LogP contribution is 2.34. The second kappa shape index (κ2) is 11.4. The van der Waals surface area contributed by atoms with Crippen molar-refractivity contribution in [1.82, 2.24) is 5.32 Å². The summed E-state index contributed by atoms with van der Waals surface area (Å²) in [6.07, 6.45) is 0. The zero-order chi connectivity index (χ0) is 24.8. The minimum Gasteiger partial charge on any atom is -0.482 e. The number of carbonyl (C=O) groups is 3. The Hall–Kier alpha value is -3.07. The van der Waals surface area contributed by atoms with Crippen molar-refractivity contribution >= 4 is 57.3 Å². The average Bonchev–Trinajstić information content (AvgIpc) is 3.14. The van der Waals surface area contributed by atoms with E-state index in [9.17, 15) is 14.4 Å². The predicted octanol–water partition coefficient (Wildman–Crippen LogP) is 5.66. The van der Waals surface area contributed by atoms with Crippen LogP contribution < -0.4 is 15.4 Å². The van der Waals surface area contributed by atoms with Gasteiger partial charge in [0.2, 0.25) is 0 Å². The zero-order valence-electron chi connectivity index (χ0n) is 18.6. The number of thiophene rings is 1. The number of amides is 2. The highest BCUT2D eigenvalue weighted by Gasteiger charge is 2.27. The number of nitrogens with one attached hydrogen (secondary N) is 2. The normalized spacial score (nSPS) is 11.4. The van der Waals surface area contributed by atoms with E-state index >= 15 is 0 Å². The summed E-state index contributed by atoms with van der Waals surface area (Å²) < 4.78 is 10.3. The van der Waals surface area contributed by atoms with Gasteiger partial charge in [-0.1, -0.05) is 53.5 Å². The zero-order valence-corrected chi connectivity index (χ0v) is 20.9.